The first-order valence-corrected chi connectivity index (χ1v) is 13.2. The fourth-order valence-electron chi connectivity index (χ4n) is 4.20. The summed E-state index contributed by atoms with van der Waals surface area (Å²) in [7, 11) is -4.06. The molecular weight excluding hydrogens is 518 g/mol. The van der Waals surface area contributed by atoms with Crippen LogP contribution in [0.5, 0.6) is 5.75 Å². The van der Waals surface area contributed by atoms with Crippen molar-refractivity contribution in [3.05, 3.63) is 83.4 Å². The van der Waals surface area contributed by atoms with Crippen LogP contribution in [0.15, 0.2) is 65.6 Å². The summed E-state index contributed by atoms with van der Waals surface area (Å²) >= 11 is 0. The highest BCUT2D eigenvalue weighted by atomic mass is 32.2. The number of sulfonamides is 1. The Morgan fingerprint density at radius 2 is 1.87 bits per heavy atom. The smallest absolute Gasteiger partial charge is 0.341 e. The first-order valence-electron chi connectivity index (χ1n) is 11.7. The SMILES string of the molecule is N#Cc1cc(F)cc(-c2cc(CN(CC3CCCO3)S(=O)(=O)c3ccc(F)cc3)ccc2OCC(=O)O)c1. The highest BCUT2D eigenvalue weighted by molar-refractivity contribution is 7.89. The summed E-state index contributed by atoms with van der Waals surface area (Å²) in [6.45, 7) is -0.177. The van der Waals surface area contributed by atoms with E-state index in [4.69, 9.17) is 14.6 Å². The molecule has 0 aromatic heterocycles. The first-order chi connectivity index (χ1) is 18.2. The summed E-state index contributed by atoms with van der Waals surface area (Å²) in [6.07, 6.45) is 1.17. The average molecular weight is 543 g/mol. The third-order valence-electron chi connectivity index (χ3n) is 5.97. The van der Waals surface area contributed by atoms with E-state index < -0.39 is 34.2 Å². The van der Waals surface area contributed by atoms with E-state index in [9.17, 15) is 27.3 Å². The van der Waals surface area contributed by atoms with E-state index in [1.165, 1.54) is 34.6 Å². The maximum Gasteiger partial charge on any atom is 0.341 e. The van der Waals surface area contributed by atoms with E-state index in [2.05, 4.69) is 0 Å². The van der Waals surface area contributed by atoms with Gasteiger partial charge < -0.3 is 14.6 Å². The quantitative estimate of drug-likeness (QED) is 0.405. The summed E-state index contributed by atoms with van der Waals surface area (Å²) in [5, 5.41) is 18.3. The molecule has 1 N–H and O–H groups in total. The molecule has 0 spiro atoms. The lowest BCUT2D eigenvalue weighted by molar-refractivity contribution is -0.139. The number of aliphatic carboxylic acids is 1. The fraction of sp³-hybridized carbons (Fsp3) is 0.259. The summed E-state index contributed by atoms with van der Waals surface area (Å²) < 4.78 is 67.1. The zero-order valence-corrected chi connectivity index (χ0v) is 21.0. The highest BCUT2D eigenvalue weighted by Gasteiger charge is 2.29. The predicted molar refractivity (Wildman–Crippen MR) is 133 cm³/mol. The molecule has 3 aromatic carbocycles. The minimum Gasteiger partial charge on any atom is -0.481 e. The molecule has 0 bridgehead atoms. The largest absolute Gasteiger partial charge is 0.481 e. The van der Waals surface area contributed by atoms with Gasteiger partial charge in [-0.05, 0) is 78.6 Å². The van der Waals surface area contributed by atoms with Crippen molar-refractivity contribution in [1.29, 1.82) is 5.26 Å². The van der Waals surface area contributed by atoms with Crippen molar-refractivity contribution in [1.82, 2.24) is 4.31 Å². The molecule has 0 amide bonds. The van der Waals surface area contributed by atoms with Crippen LogP contribution in [0.25, 0.3) is 11.1 Å². The van der Waals surface area contributed by atoms with E-state index in [1.54, 1.807) is 12.1 Å². The number of hydrogen-bond acceptors (Lipinski definition) is 6. The summed E-state index contributed by atoms with van der Waals surface area (Å²) in [5.74, 6) is -2.33. The maximum absolute atomic E-state index is 14.2. The molecule has 1 atom stereocenters. The molecule has 0 radical (unpaired) electrons. The number of nitrogens with zero attached hydrogens (tertiary/aromatic N) is 2. The molecule has 198 valence electrons. The monoisotopic (exact) mass is 542 g/mol. The topological polar surface area (TPSA) is 117 Å². The predicted octanol–water partition coefficient (Wildman–Crippen LogP) is 4.34. The van der Waals surface area contributed by atoms with Crippen molar-refractivity contribution < 1.29 is 36.6 Å². The van der Waals surface area contributed by atoms with Crippen LogP contribution in [0.2, 0.25) is 0 Å². The van der Waals surface area contributed by atoms with Gasteiger partial charge in [0.15, 0.2) is 6.61 Å². The lowest BCUT2D eigenvalue weighted by Crippen LogP contribution is -2.37. The third kappa shape index (κ3) is 6.52. The Morgan fingerprint density at radius 3 is 2.53 bits per heavy atom. The van der Waals surface area contributed by atoms with Gasteiger partial charge in [-0.25, -0.2) is 22.0 Å². The zero-order chi connectivity index (χ0) is 27.3. The van der Waals surface area contributed by atoms with Crippen LogP contribution in [0.1, 0.15) is 24.0 Å². The maximum atomic E-state index is 14.2. The van der Waals surface area contributed by atoms with Crippen LogP contribution in [0, 0.1) is 23.0 Å². The number of carbonyl (C=O) groups is 1. The Kier molecular flexibility index (Phi) is 8.36. The van der Waals surface area contributed by atoms with Crippen molar-refractivity contribution in [2.24, 2.45) is 0 Å². The molecule has 1 saturated heterocycles. The fourth-order valence-corrected chi connectivity index (χ4v) is 5.66. The van der Waals surface area contributed by atoms with Gasteiger partial charge in [-0.3, -0.25) is 0 Å². The highest BCUT2D eigenvalue weighted by Crippen LogP contribution is 2.33. The molecule has 1 heterocycles. The van der Waals surface area contributed by atoms with Crippen molar-refractivity contribution in [3.63, 3.8) is 0 Å². The molecule has 1 aliphatic rings. The van der Waals surface area contributed by atoms with Crippen LogP contribution in [0.3, 0.4) is 0 Å². The minimum atomic E-state index is -4.06. The van der Waals surface area contributed by atoms with Gasteiger partial charge in [-0.2, -0.15) is 9.57 Å². The van der Waals surface area contributed by atoms with Gasteiger partial charge in [0.1, 0.15) is 17.4 Å². The van der Waals surface area contributed by atoms with Gasteiger partial charge in [-0.15, -0.1) is 0 Å². The first kappa shape index (κ1) is 27.2. The number of halogens is 2. The Hall–Kier alpha value is -3.85. The van der Waals surface area contributed by atoms with E-state index in [1.807, 2.05) is 6.07 Å². The number of benzene rings is 3. The van der Waals surface area contributed by atoms with E-state index in [-0.39, 0.29) is 46.5 Å². The van der Waals surface area contributed by atoms with Crippen molar-refractivity contribution in [3.8, 4) is 22.9 Å². The Balaban J connectivity index is 1.74. The van der Waals surface area contributed by atoms with Crippen molar-refractivity contribution >= 4 is 16.0 Å². The second-order valence-corrected chi connectivity index (χ2v) is 10.7. The summed E-state index contributed by atoms with van der Waals surface area (Å²) in [5.41, 5.74) is 1.09. The van der Waals surface area contributed by atoms with Gasteiger partial charge in [0.05, 0.1) is 22.6 Å². The Labute approximate surface area is 218 Å². The normalized spacial score (nSPS) is 15.4. The molecule has 0 aliphatic carbocycles. The van der Waals surface area contributed by atoms with E-state index in [0.717, 1.165) is 24.6 Å². The van der Waals surface area contributed by atoms with Gasteiger partial charge in [-0.1, -0.05) is 6.07 Å². The Morgan fingerprint density at radius 1 is 1.11 bits per heavy atom. The molecule has 4 rings (SSSR count). The van der Waals surface area contributed by atoms with Crippen LogP contribution in [-0.2, 0) is 26.1 Å². The van der Waals surface area contributed by atoms with Crippen LogP contribution >= 0.6 is 0 Å². The molecule has 1 unspecified atom stereocenters. The molecule has 11 heteroatoms. The third-order valence-corrected chi connectivity index (χ3v) is 7.80. The van der Waals surface area contributed by atoms with Crippen molar-refractivity contribution in [2.75, 3.05) is 19.8 Å². The Bertz CT molecular complexity index is 1470. The summed E-state index contributed by atoms with van der Waals surface area (Å²) in [6, 6.07) is 14.7. The number of rotatable bonds is 10. The zero-order valence-electron chi connectivity index (χ0n) is 20.1. The number of ether oxygens (including phenoxy) is 2. The van der Waals surface area contributed by atoms with Crippen LogP contribution < -0.4 is 4.74 Å². The number of carboxylic acids is 1. The van der Waals surface area contributed by atoms with E-state index in [0.29, 0.717) is 18.6 Å². The second kappa shape index (κ2) is 11.7. The second-order valence-electron chi connectivity index (χ2n) is 8.74. The molecule has 3 aromatic rings. The lowest BCUT2D eigenvalue weighted by atomic mass is 9.99. The van der Waals surface area contributed by atoms with Crippen LogP contribution in [-0.4, -0.2) is 49.7 Å². The minimum absolute atomic E-state index is 0.0495. The van der Waals surface area contributed by atoms with Gasteiger partial charge >= 0.3 is 5.97 Å². The summed E-state index contributed by atoms with van der Waals surface area (Å²) in [4.78, 5) is 11.0. The van der Waals surface area contributed by atoms with Crippen LogP contribution in [0.4, 0.5) is 8.78 Å². The average Bonchev–Trinajstić information content (AvgIpc) is 3.40. The van der Waals surface area contributed by atoms with E-state index >= 15 is 0 Å². The molecule has 0 saturated carbocycles. The molecule has 1 fully saturated rings. The van der Waals surface area contributed by atoms with Gasteiger partial charge in [0, 0.05) is 25.3 Å². The van der Waals surface area contributed by atoms with Gasteiger partial charge in [0.25, 0.3) is 0 Å². The molecular formula is C27H24F2N2O6S. The lowest BCUT2D eigenvalue weighted by Gasteiger charge is -2.25. The number of carboxylic acid groups (broad SMARTS) is 1. The number of hydrogen-bond donors (Lipinski definition) is 1. The number of nitriles is 1. The van der Waals surface area contributed by atoms with Crippen molar-refractivity contribution in [2.45, 2.75) is 30.4 Å². The molecule has 1 aliphatic heterocycles. The molecule has 8 nitrogen and oxygen atoms in total. The molecule has 38 heavy (non-hydrogen) atoms. The van der Waals surface area contributed by atoms with Gasteiger partial charge in [0.2, 0.25) is 10.0 Å². The standard InChI is InChI=1S/C27H24F2N2O6S/c28-21-4-6-24(7-5-21)38(34,35)31(16-23-2-1-9-36-23)15-18-3-8-26(37-17-27(32)33)25(12-18)20-10-19(14-30)11-22(29)13-20/h3-8,10-13,23H,1-2,9,15-17H2,(H,32,33).